The van der Waals surface area contributed by atoms with E-state index in [9.17, 15) is 9.59 Å². The van der Waals surface area contributed by atoms with Crippen molar-refractivity contribution in [1.82, 2.24) is 9.55 Å². The molecule has 1 aromatic heterocycles. The molecule has 0 spiro atoms. The number of H-pyrrole nitrogens is 1. The average molecular weight is 467 g/mol. The zero-order valence-electron chi connectivity index (χ0n) is 18.8. The lowest BCUT2D eigenvalue weighted by atomic mass is 10.0. The first-order valence-corrected chi connectivity index (χ1v) is 12.3. The van der Waals surface area contributed by atoms with Crippen LogP contribution in [-0.2, 0) is 29.1 Å². The van der Waals surface area contributed by atoms with E-state index < -0.39 is 0 Å². The lowest BCUT2D eigenvalue weighted by molar-refractivity contribution is 0.0622. The number of thioether (sulfide) groups is 1. The highest BCUT2D eigenvalue weighted by Crippen LogP contribution is 2.45. The van der Waals surface area contributed by atoms with E-state index >= 15 is 0 Å². The number of aromatic amines is 1. The van der Waals surface area contributed by atoms with Crippen molar-refractivity contribution in [3.05, 3.63) is 104 Å². The predicted molar refractivity (Wildman–Crippen MR) is 131 cm³/mol. The molecule has 7 heteroatoms. The molecule has 0 radical (unpaired) electrons. The molecule has 174 valence electrons. The molecule has 0 unspecified atom stereocenters. The number of nitrogens with one attached hydrogen (secondary N) is 1. The fourth-order valence-electron chi connectivity index (χ4n) is 4.07. The first-order valence-electron chi connectivity index (χ1n) is 11.4. The molecule has 4 rings (SSSR count). The van der Waals surface area contributed by atoms with Crippen LogP contribution in [0.5, 0.6) is 0 Å². The monoisotopic (exact) mass is 466 g/mol. The fraction of sp³-hybridized carbons (Fsp3) is 0.385. The maximum absolute atomic E-state index is 12.5. The SMILES string of the molecule is CCc1cn([C@@H]2C[C@H](COCc3ccccc3)[C@@H](COCc3ccccc3)S2)c(=O)[nH]c1=O. The number of hydrogen-bond acceptors (Lipinski definition) is 5. The topological polar surface area (TPSA) is 73.3 Å². The van der Waals surface area contributed by atoms with Gasteiger partial charge in [0.1, 0.15) is 0 Å². The molecule has 2 aromatic carbocycles. The van der Waals surface area contributed by atoms with Gasteiger partial charge in [-0.2, -0.15) is 0 Å². The Morgan fingerprint density at radius 3 is 2.15 bits per heavy atom. The summed E-state index contributed by atoms with van der Waals surface area (Å²) in [5.74, 6) is 0.239. The second-order valence-corrected chi connectivity index (χ2v) is 9.72. The quantitative estimate of drug-likeness (QED) is 0.486. The Morgan fingerprint density at radius 2 is 1.55 bits per heavy atom. The number of hydrogen-bond donors (Lipinski definition) is 1. The molecule has 0 amide bonds. The van der Waals surface area contributed by atoms with Gasteiger partial charge in [0.2, 0.25) is 0 Å². The molecule has 1 fully saturated rings. The highest BCUT2D eigenvalue weighted by Gasteiger charge is 2.37. The van der Waals surface area contributed by atoms with E-state index in [0.29, 0.717) is 38.4 Å². The Morgan fingerprint density at radius 1 is 0.939 bits per heavy atom. The Balaban J connectivity index is 1.44. The zero-order chi connectivity index (χ0) is 23.0. The van der Waals surface area contributed by atoms with E-state index in [1.54, 1.807) is 22.5 Å². The van der Waals surface area contributed by atoms with E-state index in [2.05, 4.69) is 29.2 Å². The summed E-state index contributed by atoms with van der Waals surface area (Å²) in [7, 11) is 0. The summed E-state index contributed by atoms with van der Waals surface area (Å²) < 4.78 is 13.8. The molecule has 2 heterocycles. The molecule has 0 bridgehead atoms. The highest BCUT2D eigenvalue weighted by molar-refractivity contribution is 8.00. The minimum atomic E-state index is -0.357. The van der Waals surface area contributed by atoms with Crippen molar-refractivity contribution in [2.45, 2.75) is 43.6 Å². The molecule has 1 aliphatic rings. The summed E-state index contributed by atoms with van der Waals surface area (Å²) in [4.78, 5) is 27.0. The predicted octanol–water partition coefficient (Wildman–Crippen LogP) is 4.15. The molecular formula is C26H30N2O4S. The largest absolute Gasteiger partial charge is 0.376 e. The smallest absolute Gasteiger partial charge is 0.329 e. The van der Waals surface area contributed by atoms with Gasteiger partial charge < -0.3 is 9.47 Å². The summed E-state index contributed by atoms with van der Waals surface area (Å²) in [5.41, 5.74) is 2.24. The van der Waals surface area contributed by atoms with E-state index in [4.69, 9.17) is 9.47 Å². The third-order valence-corrected chi connectivity index (χ3v) is 7.54. The van der Waals surface area contributed by atoms with Crippen LogP contribution in [0.1, 0.15) is 35.4 Å². The summed E-state index contributed by atoms with van der Waals surface area (Å²) in [6, 6.07) is 20.2. The summed E-state index contributed by atoms with van der Waals surface area (Å²) >= 11 is 1.73. The normalized spacial score (nSPS) is 20.2. The molecule has 1 N–H and O–H groups in total. The number of nitrogens with zero attached hydrogens (tertiary/aromatic N) is 1. The van der Waals surface area contributed by atoms with Crippen LogP contribution >= 0.6 is 11.8 Å². The Labute approximate surface area is 198 Å². The van der Waals surface area contributed by atoms with Gasteiger partial charge in [-0.15, -0.1) is 11.8 Å². The van der Waals surface area contributed by atoms with Crippen LogP contribution < -0.4 is 11.2 Å². The maximum atomic E-state index is 12.5. The highest BCUT2D eigenvalue weighted by atomic mass is 32.2. The van der Waals surface area contributed by atoms with E-state index in [1.807, 2.05) is 43.3 Å². The number of aryl methyl sites for hydroxylation is 1. The Kier molecular flexibility index (Phi) is 8.20. The first-order chi connectivity index (χ1) is 16.1. The van der Waals surface area contributed by atoms with Gasteiger partial charge in [0, 0.05) is 17.0 Å². The minimum Gasteiger partial charge on any atom is -0.376 e. The second-order valence-electron chi connectivity index (χ2n) is 8.30. The van der Waals surface area contributed by atoms with Crippen LogP contribution in [0, 0.1) is 5.92 Å². The van der Waals surface area contributed by atoms with Crippen molar-refractivity contribution in [3.63, 3.8) is 0 Å². The van der Waals surface area contributed by atoms with E-state index in [0.717, 1.165) is 17.5 Å². The van der Waals surface area contributed by atoms with Crippen LogP contribution in [0.2, 0.25) is 0 Å². The van der Waals surface area contributed by atoms with Gasteiger partial charge >= 0.3 is 5.69 Å². The van der Waals surface area contributed by atoms with Crippen LogP contribution in [0.25, 0.3) is 0 Å². The summed E-state index contributed by atoms with van der Waals surface area (Å²) in [5, 5.41) is 0.133. The summed E-state index contributed by atoms with van der Waals surface area (Å²) in [6.45, 7) is 4.20. The Hall–Kier alpha value is -2.61. The van der Waals surface area contributed by atoms with Crippen LogP contribution in [0.3, 0.4) is 0 Å². The van der Waals surface area contributed by atoms with Crippen molar-refractivity contribution < 1.29 is 9.47 Å². The third-order valence-electron chi connectivity index (χ3n) is 5.93. The molecule has 0 aliphatic carbocycles. The standard InChI is InChI=1S/C26H30N2O4S/c1-2-21-14-28(26(30)27-25(21)29)24-13-22(17-31-15-19-9-5-3-6-10-19)23(33-24)18-32-16-20-11-7-4-8-12-20/h3-12,14,22-24H,2,13,15-18H2,1H3,(H,27,29,30)/t22-,23-,24+/m1/s1. The molecular weight excluding hydrogens is 436 g/mol. The van der Waals surface area contributed by atoms with Gasteiger partial charge in [0.15, 0.2) is 0 Å². The van der Waals surface area contributed by atoms with Crippen molar-refractivity contribution in [2.24, 2.45) is 5.92 Å². The zero-order valence-corrected chi connectivity index (χ0v) is 19.6. The third kappa shape index (κ3) is 6.25. The molecule has 33 heavy (non-hydrogen) atoms. The van der Waals surface area contributed by atoms with Gasteiger partial charge in [-0.05, 0) is 29.9 Å². The van der Waals surface area contributed by atoms with Gasteiger partial charge in [-0.25, -0.2) is 4.79 Å². The lowest BCUT2D eigenvalue weighted by Gasteiger charge is -2.18. The lowest BCUT2D eigenvalue weighted by Crippen LogP contribution is -2.32. The maximum Gasteiger partial charge on any atom is 0.329 e. The fourth-order valence-corrected chi connectivity index (χ4v) is 5.71. The van der Waals surface area contributed by atoms with Gasteiger partial charge in [-0.3, -0.25) is 14.3 Å². The minimum absolute atomic E-state index is 0.0599. The van der Waals surface area contributed by atoms with Crippen molar-refractivity contribution in [2.75, 3.05) is 13.2 Å². The van der Waals surface area contributed by atoms with Gasteiger partial charge in [0.05, 0.1) is 31.8 Å². The van der Waals surface area contributed by atoms with Crippen molar-refractivity contribution >= 4 is 11.8 Å². The summed E-state index contributed by atoms with van der Waals surface area (Å²) in [6.07, 6.45) is 3.09. The molecule has 3 atom stereocenters. The molecule has 1 aliphatic heterocycles. The molecule has 0 saturated carbocycles. The number of aromatic nitrogens is 2. The van der Waals surface area contributed by atoms with Crippen LogP contribution in [-0.4, -0.2) is 28.0 Å². The molecule has 3 aromatic rings. The average Bonchev–Trinajstić information content (AvgIpc) is 3.23. The van der Waals surface area contributed by atoms with E-state index in [-0.39, 0.29) is 27.8 Å². The Bertz CT molecular complexity index is 1080. The number of benzene rings is 2. The van der Waals surface area contributed by atoms with Gasteiger partial charge in [-0.1, -0.05) is 67.6 Å². The van der Waals surface area contributed by atoms with Crippen LogP contribution in [0.15, 0.2) is 76.4 Å². The van der Waals surface area contributed by atoms with Crippen LogP contribution in [0.4, 0.5) is 0 Å². The number of rotatable bonds is 10. The molecule has 1 saturated heterocycles. The van der Waals surface area contributed by atoms with Gasteiger partial charge in [0.25, 0.3) is 5.56 Å². The second kappa shape index (κ2) is 11.5. The van der Waals surface area contributed by atoms with Crippen molar-refractivity contribution in [1.29, 1.82) is 0 Å². The first kappa shape index (κ1) is 23.5. The van der Waals surface area contributed by atoms with Crippen molar-refractivity contribution in [3.8, 4) is 0 Å². The number of ether oxygens (including phenoxy) is 2. The molecule has 6 nitrogen and oxygen atoms in total. The van der Waals surface area contributed by atoms with E-state index in [1.165, 1.54) is 0 Å².